The molecule has 0 aromatic heterocycles. The lowest BCUT2D eigenvalue weighted by Crippen LogP contribution is -2.34. The summed E-state index contributed by atoms with van der Waals surface area (Å²) in [6.45, 7) is 1.80. The van der Waals surface area contributed by atoms with Crippen LogP contribution in [-0.4, -0.2) is 37.1 Å². The zero-order valence-corrected chi connectivity index (χ0v) is 18.3. The summed E-state index contributed by atoms with van der Waals surface area (Å²) < 4.78 is 24.2. The number of hydrogen-bond acceptors (Lipinski definition) is 6. The van der Waals surface area contributed by atoms with E-state index >= 15 is 0 Å². The van der Waals surface area contributed by atoms with Gasteiger partial charge in [-0.15, -0.1) is 0 Å². The number of hydrogen-bond donors (Lipinski definition) is 2. The van der Waals surface area contributed by atoms with Crippen LogP contribution in [0.3, 0.4) is 0 Å². The fourth-order valence-corrected chi connectivity index (χ4v) is 2.80. The van der Waals surface area contributed by atoms with E-state index in [0.717, 1.165) is 6.07 Å². The molecule has 8 nitrogen and oxygen atoms in total. The molecule has 0 aliphatic rings. The number of halogens is 1. The number of carbonyl (C=O) groups excluding carboxylic acids is 3. The van der Waals surface area contributed by atoms with Crippen molar-refractivity contribution < 1.29 is 28.2 Å². The minimum atomic E-state index is -0.583. The minimum Gasteiger partial charge on any atom is -0.490 e. The van der Waals surface area contributed by atoms with Gasteiger partial charge < -0.3 is 14.8 Å². The van der Waals surface area contributed by atoms with Crippen molar-refractivity contribution in [3.63, 3.8) is 0 Å². The number of rotatable bonds is 9. The van der Waals surface area contributed by atoms with Gasteiger partial charge >= 0.3 is 5.97 Å². The van der Waals surface area contributed by atoms with Crippen LogP contribution in [0.5, 0.6) is 11.5 Å². The van der Waals surface area contributed by atoms with Gasteiger partial charge in [-0.3, -0.25) is 9.59 Å². The lowest BCUT2D eigenvalue weighted by molar-refractivity contribution is -0.120. The zero-order chi connectivity index (χ0) is 24.3. The molecule has 0 atom stereocenters. The third-order valence-electron chi connectivity index (χ3n) is 4.38. The molecule has 0 aliphatic heterocycles. The molecule has 0 heterocycles. The van der Waals surface area contributed by atoms with Crippen LogP contribution in [0.1, 0.15) is 33.2 Å². The van der Waals surface area contributed by atoms with Gasteiger partial charge in [-0.05, 0) is 61.0 Å². The molecule has 2 amide bonds. The number of carbonyl (C=O) groups is 3. The highest BCUT2D eigenvalue weighted by molar-refractivity contribution is 5.96. The second-order valence-corrected chi connectivity index (χ2v) is 6.88. The van der Waals surface area contributed by atoms with Crippen LogP contribution >= 0.6 is 0 Å². The summed E-state index contributed by atoms with van der Waals surface area (Å²) in [5.41, 5.74) is 3.37. The molecule has 3 rings (SSSR count). The van der Waals surface area contributed by atoms with Crippen LogP contribution in [0, 0.1) is 5.82 Å². The molecule has 0 saturated heterocycles. The Morgan fingerprint density at radius 3 is 2.44 bits per heavy atom. The van der Waals surface area contributed by atoms with Crippen LogP contribution in [0.15, 0.2) is 77.9 Å². The molecule has 174 valence electrons. The Bertz CT molecular complexity index is 1200. The Hall–Kier alpha value is -4.53. The maximum absolute atomic E-state index is 13.2. The molecule has 34 heavy (non-hydrogen) atoms. The van der Waals surface area contributed by atoms with Gasteiger partial charge in [0.15, 0.2) is 11.5 Å². The number of amides is 2. The molecule has 0 aliphatic carbocycles. The Labute approximate surface area is 195 Å². The largest absolute Gasteiger partial charge is 0.490 e. The van der Waals surface area contributed by atoms with Crippen molar-refractivity contribution in [2.75, 3.05) is 13.2 Å². The van der Waals surface area contributed by atoms with E-state index in [-0.39, 0.29) is 17.9 Å². The first kappa shape index (κ1) is 24.1. The van der Waals surface area contributed by atoms with Crippen molar-refractivity contribution in [3.05, 3.63) is 95.3 Å². The lowest BCUT2D eigenvalue weighted by atomic mass is 10.2. The SMILES string of the molecule is CCOc1cc(C=NNC(=O)CNC(=O)c2cccc(F)c2)ccc1OC(=O)c1ccccc1. The molecule has 0 fully saturated rings. The third-order valence-corrected chi connectivity index (χ3v) is 4.38. The third kappa shape index (κ3) is 6.99. The Morgan fingerprint density at radius 2 is 1.71 bits per heavy atom. The molecule has 0 spiro atoms. The Morgan fingerprint density at radius 1 is 0.941 bits per heavy atom. The molecule has 0 unspecified atom stereocenters. The topological polar surface area (TPSA) is 106 Å². The molecule has 2 N–H and O–H groups in total. The first-order chi connectivity index (χ1) is 16.5. The normalized spacial score (nSPS) is 10.5. The van der Waals surface area contributed by atoms with Gasteiger partial charge in [0, 0.05) is 5.56 Å². The molecule has 3 aromatic rings. The molecule has 0 radical (unpaired) electrons. The van der Waals surface area contributed by atoms with Gasteiger partial charge in [-0.1, -0.05) is 24.3 Å². The minimum absolute atomic E-state index is 0.104. The molecule has 9 heteroatoms. The van der Waals surface area contributed by atoms with Crippen LogP contribution in [0.4, 0.5) is 4.39 Å². The second-order valence-electron chi connectivity index (χ2n) is 6.88. The van der Waals surface area contributed by atoms with Crippen LogP contribution in [0.2, 0.25) is 0 Å². The van der Waals surface area contributed by atoms with Gasteiger partial charge in [0.25, 0.3) is 11.8 Å². The van der Waals surface area contributed by atoms with Gasteiger partial charge in [-0.2, -0.15) is 5.10 Å². The van der Waals surface area contributed by atoms with Crippen LogP contribution < -0.4 is 20.2 Å². The average molecular weight is 463 g/mol. The summed E-state index contributed by atoms with van der Waals surface area (Å²) >= 11 is 0. The highest BCUT2D eigenvalue weighted by atomic mass is 19.1. The molecule has 3 aromatic carbocycles. The second kappa shape index (κ2) is 11.9. The van der Waals surface area contributed by atoms with Crippen molar-refractivity contribution in [1.82, 2.24) is 10.7 Å². The van der Waals surface area contributed by atoms with E-state index in [9.17, 15) is 18.8 Å². The maximum Gasteiger partial charge on any atom is 0.343 e. The first-order valence-electron chi connectivity index (χ1n) is 10.4. The van der Waals surface area contributed by atoms with Crippen LogP contribution in [-0.2, 0) is 4.79 Å². The van der Waals surface area contributed by atoms with E-state index in [2.05, 4.69) is 15.8 Å². The summed E-state index contributed by atoms with van der Waals surface area (Å²) in [5, 5.41) is 6.23. The Balaban J connectivity index is 1.56. The highest BCUT2D eigenvalue weighted by Crippen LogP contribution is 2.29. The van der Waals surface area contributed by atoms with E-state index in [4.69, 9.17) is 9.47 Å². The summed E-state index contributed by atoms with van der Waals surface area (Å²) in [5.74, 6) is -1.63. The fourth-order valence-electron chi connectivity index (χ4n) is 2.80. The van der Waals surface area contributed by atoms with E-state index in [1.165, 1.54) is 24.4 Å². The van der Waals surface area contributed by atoms with Crippen molar-refractivity contribution in [1.29, 1.82) is 0 Å². The Kier molecular flexibility index (Phi) is 8.45. The van der Waals surface area contributed by atoms with Crippen molar-refractivity contribution in [2.45, 2.75) is 6.92 Å². The van der Waals surface area contributed by atoms with Gasteiger partial charge in [0.1, 0.15) is 5.82 Å². The molecular weight excluding hydrogens is 441 g/mol. The number of esters is 1. The fraction of sp³-hybridized carbons (Fsp3) is 0.120. The van der Waals surface area contributed by atoms with Gasteiger partial charge in [0.05, 0.1) is 24.9 Å². The van der Waals surface area contributed by atoms with E-state index in [1.807, 2.05) is 0 Å². The van der Waals surface area contributed by atoms with Crippen molar-refractivity contribution >= 4 is 24.0 Å². The molecule has 0 saturated carbocycles. The smallest absolute Gasteiger partial charge is 0.343 e. The highest BCUT2D eigenvalue weighted by Gasteiger charge is 2.13. The monoisotopic (exact) mass is 463 g/mol. The summed E-state index contributed by atoms with van der Waals surface area (Å²) in [4.78, 5) is 36.2. The first-order valence-corrected chi connectivity index (χ1v) is 10.4. The number of ether oxygens (including phenoxy) is 2. The van der Waals surface area contributed by atoms with Crippen molar-refractivity contribution in [3.8, 4) is 11.5 Å². The quantitative estimate of drug-likeness (QED) is 0.219. The lowest BCUT2D eigenvalue weighted by Gasteiger charge is -2.11. The molecular formula is C25H22FN3O5. The van der Waals surface area contributed by atoms with E-state index < -0.39 is 23.6 Å². The summed E-state index contributed by atoms with van der Waals surface area (Å²) in [6, 6.07) is 18.5. The van der Waals surface area contributed by atoms with E-state index in [1.54, 1.807) is 55.5 Å². The zero-order valence-electron chi connectivity index (χ0n) is 18.3. The molecule has 0 bridgehead atoms. The van der Waals surface area contributed by atoms with Crippen molar-refractivity contribution in [2.24, 2.45) is 5.10 Å². The number of hydrazone groups is 1. The average Bonchev–Trinajstić information content (AvgIpc) is 2.84. The van der Waals surface area contributed by atoms with Gasteiger partial charge in [0.2, 0.25) is 0 Å². The predicted octanol–water partition coefficient (Wildman–Crippen LogP) is 3.32. The maximum atomic E-state index is 13.2. The number of nitrogens with one attached hydrogen (secondary N) is 2. The summed E-state index contributed by atoms with van der Waals surface area (Å²) in [6.07, 6.45) is 1.37. The number of benzene rings is 3. The van der Waals surface area contributed by atoms with Crippen LogP contribution in [0.25, 0.3) is 0 Å². The summed E-state index contributed by atoms with van der Waals surface area (Å²) in [7, 11) is 0. The van der Waals surface area contributed by atoms with E-state index in [0.29, 0.717) is 23.5 Å². The number of nitrogens with zero attached hydrogens (tertiary/aromatic N) is 1. The van der Waals surface area contributed by atoms with Gasteiger partial charge in [-0.25, -0.2) is 14.6 Å². The standard InChI is InChI=1S/C25H22FN3O5/c1-2-33-22-13-17(11-12-21(22)34-25(32)18-7-4-3-5-8-18)15-28-29-23(30)16-27-24(31)19-9-6-10-20(26)14-19/h3-15H,2,16H2,1H3,(H,27,31)(H,29,30). The predicted molar refractivity (Wildman–Crippen MR) is 123 cm³/mol.